The number of nitrogens with zero attached hydrogens (tertiary/aromatic N) is 1. The number of aryl methyl sites for hydroxylation is 1. The Balaban J connectivity index is 1.34. The fourth-order valence-electron chi connectivity index (χ4n) is 5.98. The van der Waals surface area contributed by atoms with Crippen molar-refractivity contribution in [3.05, 3.63) is 77.4 Å². The Kier molecular flexibility index (Phi) is 8.70. The van der Waals surface area contributed by atoms with Gasteiger partial charge in [-0.25, -0.2) is 0 Å². The number of likely N-dealkylation sites (tertiary alicyclic amines) is 1. The standard InChI is InChI=1S/C34H37N3O7/c1-21-6-8-25-16-27(21)24-4-3-5-26(15-24)43-20-32(38)35-17-22-7-9-29(30(14-22)41-2)44-31-19-37(18-28(31)36-33(25)39)34(40)23-10-12-42-13-11-23/h3-9,14-16,23,28,31H,10-13,17-20H2,1-2H3,(H,35,38)(H,36,39)/t28-,31-/m0/s1. The molecule has 2 N–H and O–H groups in total. The molecular weight excluding hydrogens is 562 g/mol. The number of hydrogen-bond acceptors (Lipinski definition) is 7. The number of nitrogens with one attached hydrogen (secondary N) is 2. The number of methoxy groups -OCH3 is 1. The largest absolute Gasteiger partial charge is 0.493 e. The molecule has 0 spiro atoms. The summed E-state index contributed by atoms with van der Waals surface area (Å²) in [5, 5.41) is 6.05. The minimum Gasteiger partial charge on any atom is -0.493 e. The van der Waals surface area contributed by atoms with Gasteiger partial charge in [-0.05, 0) is 78.4 Å². The predicted molar refractivity (Wildman–Crippen MR) is 163 cm³/mol. The van der Waals surface area contributed by atoms with Crippen LogP contribution in [0.1, 0.15) is 34.3 Å². The lowest BCUT2D eigenvalue weighted by atomic mass is 9.97. The molecule has 4 heterocycles. The molecule has 0 aromatic heterocycles. The SMILES string of the molecule is COc1cc2ccc1O[C@H]1CN(C(=O)C3CCOCC3)C[C@@H]1NC(=O)c1ccc(C)c(c1)-c1cccc(c1)OCC(=O)NC2. The second kappa shape index (κ2) is 13.0. The topological polar surface area (TPSA) is 115 Å². The molecule has 0 unspecified atom stereocenters. The molecule has 6 bridgehead atoms. The summed E-state index contributed by atoms with van der Waals surface area (Å²) in [6.45, 7) is 3.91. The van der Waals surface area contributed by atoms with Crippen LogP contribution in [-0.2, 0) is 20.9 Å². The van der Waals surface area contributed by atoms with Crippen LogP contribution in [0.4, 0.5) is 0 Å². The first-order valence-electron chi connectivity index (χ1n) is 15.0. The number of benzene rings is 3. The lowest BCUT2D eigenvalue weighted by molar-refractivity contribution is -0.137. The van der Waals surface area contributed by atoms with E-state index in [0.29, 0.717) is 62.0 Å². The van der Waals surface area contributed by atoms with Gasteiger partial charge in [0.15, 0.2) is 18.1 Å². The van der Waals surface area contributed by atoms with E-state index >= 15 is 0 Å². The molecule has 4 aliphatic heterocycles. The van der Waals surface area contributed by atoms with Crippen LogP contribution >= 0.6 is 0 Å². The van der Waals surface area contributed by atoms with E-state index in [-0.39, 0.29) is 36.8 Å². The lowest BCUT2D eigenvalue weighted by Gasteiger charge is -2.26. The summed E-state index contributed by atoms with van der Waals surface area (Å²) in [6, 6.07) is 18.0. The Labute approximate surface area is 256 Å². The minimum absolute atomic E-state index is 0.0574. The van der Waals surface area contributed by atoms with E-state index in [1.54, 1.807) is 36.3 Å². The van der Waals surface area contributed by atoms with Crippen LogP contribution in [0.15, 0.2) is 60.7 Å². The summed E-state index contributed by atoms with van der Waals surface area (Å²) < 4.78 is 23.4. The highest BCUT2D eigenvalue weighted by atomic mass is 16.5. The summed E-state index contributed by atoms with van der Waals surface area (Å²) in [5.74, 6) is 0.954. The van der Waals surface area contributed by atoms with Gasteiger partial charge in [-0.2, -0.15) is 0 Å². The minimum atomic E-state index is -0.508. The quantitative estimate of drug-likeness (QED) is 0.464. The first-order chi connectivity index (χ1) is 21.4. The fraction of sp³-hybridized carbons (Fsp3) is 0.382. The van der Waals surface area contributed by atoms with Crippen LogP contribution in [-0.4, -0.2) is 74.8 Å². The maximum absolute atomic E-state index is 13.7. The average Bonchev–Trinajstić information content (AvgIpc) is 3.44. The van der Waals surface area contributed by atoms with Gasteiger partial charge in [-0.1, -0.05) is 24.3 Å². The van der Waals surface area contributed by atoms with Gasteiger partial charge in [0.25, 0.3) is 11.8 Å². The third-order valence-corrected chi connectivity index (χ3v) is 8.48. The summed E-state index contributed by atoms with van der Waals surface area (Å²) in [5.41, 5.74) is 4.04. The molecule has 4 aliphatic rings. The zero-order chi connectivity index (χ0) is 30.6. The van der Waals surface area contributed by atoms with E-state index in [2.05, 4.69) is 10.6 Å². The van der Waals surface area contributed by atoms with E-state index in [1.165, 1.54) is 0 Å². The summed E-state index contributed by atoms with van der Waals surface area (Å²) in [7, 11) is 1.55. The first-order valence-corrected chi connectivity index (χ1v) is 15.0. The lowest BCUT2D eigenvalue weighted by Crippen LogP contribution is -2.45. The van der Waals surface area contributed by atoms with Crippen molar-refractivity contribution < 1.29 is 33.3 Å². The zero-order valence-corrected chi connectivity index (χ0v) is 25.0. The summed E-state index contributed by atoms with van der Waals surface area (Å²) in [4.78, 5) is 41.6. The first kappa shape index (κ1) is 29.5. The van der Waals surface area contributed by atoms with E-state index in [0.717, 1.165) is 22.3 Å². The van der Waals surface area contributed by atoms with E-state index in [1.807, 2.05) is 43.3 Å². The van der Waals surface area contributed by atoms with Crippen molar-refractivity contribution in [2.45, 2.75) is 38.5 Å². The van der Waals surface area contributed by atoms with Gasteiger partial charge in [0.2, 0.25) is 5.91 Å². The molecule has 230 valence electrons. The number of fused-ring (bicyclic) bond motifs is 7. The Bertz CT molecular complexity index is 1550. The van der Waals surface area contributed by atoms with E-state index < -0.39 is 12.1 Å². The number of carbonyl (C=O) groups excluding carboxylic acids is 3. The third-order valence-electron chi connectivity index (χ3n) is 8.48. The molecule has 2 atom stereocenters. The van der Waals surface area contributed by atoms with Gasteiger partial charge in [-0.3, -0.25) is 14.4 Å². The molecule has 10 heteroatoms. The maximum Gasteiger partial charge on any atom is 0.258 e. The van der Waals surface area contributed by atoms with Crippen molar-refractivity contribution in [3.8, 4) is 28.4 Å². The molecule has 7 rings (SSSR count). The van der Waals surface area contributed by atoms with Gasteiger partial charge >= 0.3 is 0 Å². The highest BCUT2D eigenvalue weighted by Crippen LogP contribution is 2.32. The molecule has 0 aliphatic carbocycles. The number of rotatable bonds is 2. The van der Waals surface area contributed by atoms with Crippen LogP contribution in [0.3, 0.4) is 0 Å². The predicted octanol–water partition coefficient (Wildman–Crippen LogP) is 3.49. The molecule has 3 aromatic carbocycles. The van der Waals surface area contributed by atoms with Crippen LogP contribution in [0.2, 0.25) is 0 Å². The van der Waals surface area contributed by atoms with E-state index in [9.17, 15) is 14.4 Å². The van der Waals surface area contributed by atoms with Gasteiger partial charge < -0.3 is 34.5 Å². The molecule has 10 nitrogen and oxygen atoms in total. The van der Waals surface area contributed by atoms with Gasteiger partial charge in [0.1, 0.15) is 11.9 Å². The average molecular weight is 600 g/mol. The number of ether oxygens (including phenoxy) is 4. The van der Waals surface area contributed by atoms with Crippen LogP contribution in [0, 0.1) is 12.8 Å². The normalized spacial score (nSPS) is 20.9. The van der Waals surface area contributed by atoms with Crippen molar-refractivity contribution in [2.24, 2.45) is 5.92 Å². The number of amides is 3. The fourth-order valence-corrected chi connectivity index (χ4v) is 5.98. The highest BCUT2D eigenvalue weighted by molar-refractivity contribution is 5.96. The van der Waals surface area contributed by atoms with Crippen molar-refractivity contribution in [2.75, 3.05) is 40.0 Å². The molecule has 0 saturated carbocycles. The summed E-state index contributed by atoms with van der Waals surface area (Å²) in [6.07, 6.45) is 0.857. The van der Waals surface area contributed by atoms with Gasteiger partial charge in [-0.15, -0.1) is 0 Å². The highest BCUT2D eigenvalue weighted by Gasteiger charge is 2.40. The Morgan fingerprint density at radius 3 is 2.64 bits per heavy atom. The van der Waals surface area contributed by atoms with Crippen LogP contribution < -0.4 is 24.8 Å². The summed E-state index contributed by atoms with van der Waals surface area (Å²) >= 11 is 0. The zero-order valence-electron chi connectivity index (χ0n) is 25.0. The molecule has 2 saturated heterocycles. The second-order valence-electron chi connectivity index (χ2n) is 11.5. The van der Waals surface area contributed by atoms with Crippen LogP contribution in [0.5, 0.6) is 17.2 Å². The van der Waals surface area contributed by atoms with Gasteiger partial charge in [0, 0.05) is 37.8 Å². The van der Waals surface area contributed by atoms with Gasteiger partial charge in [0.05, 0.1) is 19.7 Å². The number of hydrogen-bond donors (Lipinski definition) is 2. The Hall–Kier alpha value is -4.57. The van der Waals surface area contributed by atoms with Crippen molar-refractivity contribution in [1.82, 2.24) is 15.5 Å². The molecular formula is C34H37N3O7. The van der Waals surface area contributed by atoms with Crippen molar-refractivity contribution in [1.29, 1.82) is 0 Å². The molecule has 3 aromatic rings. The molecule has 3 amide bonds. The smallest absolute Gasteiger partial charge is 0.258 e. The molecule has 2 fully saturated rings. The van der Waals surface area contributed by atoms with Crippen LogP contribution in [0.25, 0.3) is 11.1 Å². The third kappa shape index (κ3) is 6.50. The monoisotopic (exact) mass is 599 g/mol. The van der Waals surface area contributed by atoms with E-state index in [4.69, 9.17) is 18.9 Å². The maximum atomic E-state index is 13.7. The Morgan fingerprint density at radius 2 is 1.82 bits per heavy atom. The number of carbonyl (C=O) groups is 3. The Morgan fingerprint density at radius 1 is 0.977 bits per heavy atom. The second-order valence-corrected chi connectivity index (χ2v) is 11.5. The van der Waals surface area contributed by atoms with Crippen molar-refractivity contribution >= 4 is 17.7 Å². The molecule has 44 heavy (non-hydrogen) atoms. The van der Waals surface area contributed by atoms with Crippen molar-refractivity contribution in [3.63, 3.8) is 0 Å². The molecule has 0 radical (unpaired) electrons.